The maximum atomic E-state index is 13.0. The molecule has 2 aromatic carbocycles. The fourth-order valence-electron chi connectivity index (χ4n) is 2.84. The van der Waals surface area contributed by atoms with Crippen molar-refractivity contribution in [3.63, 3.8) is 0 Å². The Hall–Kier alpha value is -2.55. The molecule has 0 aliphatic carbocycles. The molecule has 0 aliphatic rings. The van der Waals surface area contributed by atoms with Gasteiger partial charge in [0.2, 0.25) is 0 Å². The molecule has 2 aromatic rings. The van der Waals surface area contributed by atoms with E-state index in [2.05, 4.69) is 0 Å². The molecule has 2 rings (SSSR count). The van der Waals surface area contributed by atoms with Crippen molar-refractivity contribution in [2.75, 3.05) is 13.2 Å². The van der Waals surface area contributed by atoms with Gasteiger partial charge in [0.25, 0.3) is 0 Å². The number of rotatable bonds is 8. The Bertz CT molecular complexity index is 799. The van der Waals surface area contributed by atoms with E-state index in [9.17, 15) is 31.1 Å². The molecular weight excluding hydrogens is 414 g/mol. The minimum atomic E-state index is -4.92. The summed E-state index contributed by atoms with van der Waals surface area (Å²) in [5.74, 6) is -0.938. The molecule has 0 saturated heterocycles. The molecule has 0 heterocycles. The monoisotopic (exact) mass is 434 g/mol. The number of carbonyl (C=O) groups is 1. The number of alkyl halides is 6. The Morgan fingerprint density at radius 2 is 1.50 bits per heavy atom. The lowest BCUT2D eigenvalue weighted by molar-refractivity contribution is -0.145. The van der Waals surface area contributed by atoms with Gasteiger partial charge in [-0.2, -0.15) is 26.3 Å². The molecular formula is C21H20F6O3. The summed E-state index contributed by atoms with van der Waals surface area (Å²) in [6.45, 7) is 1.28. The summed E-state index contributed by atoms with van der Waals surface area (Å²) < 4.78 is 88.1. The zero-order valence-electron chi connectivity index (χ0n) is 16.0. The first-order chi connectivity index (χ1) is 14.0. The lowest BCUT2D eigenvalue weighted by Gasteiger charge is -2.18. The molecule has 0 spiro atoms. The molecule has 0 aliphatic heterocycles. The fraction of sp³-hybridized carbons (Fsp3) is 0.381. The van der Waals surface area contributed by atoms with Crippen molar-refractivity contribution in [1.29, 1.82) is 0 Å². The van der Waals surface area contributed by atoms with Gasteiger partial charge in [0.15, 0.2) is 0 Å². The maximum Gasteiger partial charge on any atom is 0.416 e. The molecule has 0 N–H and O–H groups in total. The number of carbonyl (C=O) groups excluding carboxylic acids is 1. The van der Waals surface area contributed by atoms with Crippen LogP contribution in [0.4, 0.5) is 26.3 Å². The lowest BCUT2D eigenvalue weighted by atomic mass is 9.96. The highest BCUT2D eigenvalue weighted by molar-refractivity contribution is 5.70. The SMILES string of the molecule is CCOC(=O)CC(COCc1cc(C(F)(F)F)cc(C(F)(F)F)c1)c1ccccc1. The van der Waals surface area contributed by atoms with E-state index in [1.54, 1.807) is 37.3 Å². The second-order valence-corrected chi connectivity index (χ2v) is 6.55. The van der Waals surface area contributed by atoms with Gasteiger partial charge < -0.3 is 9.47 Å². The minimum absolute atomic E-state index is 0.0335. The van der Waals surface area contributed by atoms with Crippen LogP contribution in [-0.2, 0) is 33.2 Å². The van der Waals surface area contributed by atoms with Gasteiger partial charge in [-0.25, -0.2) is 0 Å². The number of ether oxygens (including phenoxy) is 2. The third-order valence-corrected chi connectivity index (χ3v) is 4.22. The van der Waals surface area contributed by atoms with Crippen LogP contribution in [0.5, 0.6) is 0 Å². The van der Waals surface area contributed by atoms with Gasteiger partial charge in [0.05, 0.1) is 37.4 Å². The molecule has 9 heteroatoms. The van der Waals surface area contributed by atoms with Crippen molar-refractivity contribution >= 4 is 5.97 Å². The molecule has 0 amide bonds. The van der Waals surface area contributed by atoms with E-state index in [1.807, 2.05) is 0 Å². The van der Waals surface area contributed by atoms with Gasteiger partial charge in [-0.15, -0.1) is 0 Å². The second kappa shape index (κ2) is 9.97. The highest BCUT2D eigenvalue weighted by Crippen LogP contribution is 2.36. The highest BCUT2D eigenvalue weighted by Gasteiger charge is 2.36. The van der Waals surface area contributed by atoms with E-state index < -0.39 is 42.0 Å². The van der Waals surface area contributed by atoms with E-state index >= 15 is 0 Å². The summed E-state index contributed by atoms with van der Waals surface area (Å²) >= 11 is 0. The number of hydrogen-bond donors (Lipinski definition) is 0. The van der Waals surface area contributed by atoms with Crippen molar-refractivity contribution in [1.82, 2.24) is 0 Å². The Morgan fingerprint density at radius 1 is 0.933 bits per heavy atom. The molecule has 1 unspecified atom stereocenters. The standard InChI is InChI=1S/C21H20F6O3/c1-2-30-19(28)10-16(15-6-4-3-5-7-15)13-29-12-14-8-17(20(22,23)24)11-18(9-14)21(25,26)27/h3-9,11,16H,2,10,12-13H2,1H3. The Kier molecular flexibility index (Phi) is 7.89. The first kappa shape index (κ1) is 23.7. The van der Waals surface area contributed by atoms with Crippen LogP contribution in [0, 0.1) is 0 Å². The van der Waals surface area contributed by atoms with Gasteiger partial charge >= 0.3 is 18.3 Å². The Balaban J connectivity index is 2.16. The largest absolute Gasteiger partial charge is 0.466 e. The van der Waals surface area contributed by atoms with Crippen molar-refractivity contribution in [2.24, 2.45) is 0 Å². The molecule has 164 valence electrons. The number of benzene rings is 2. The van der Waals surface area contributed by atoms with E-state index in [4.69, 9.17) is 9.47 Å². The Morgan fingerprint density at radius 3 is 2.00 bits per heavy atom. The van der Waals surface area contributed by atoms with Crippen LogP contribution < -0.4 is 0 Å². The first-order valence-electron chi connectivity index (χ1n) is 9.07. The quantitative estimate of drug-likeness (QED) is 0.379. The summed E-state index contributed by atoms with van der Waals surface area (Å²) in [5, 5.41) is 0. The third-order valence-electron chi connectivity index (χ3n) is 4.22. The number of hydrogen-bond acceptors (Lipinski definition) is 3. The topological polar surface area (TPSA) is 35.5 Å². The van der Waals surface area contributed by atoms with Crippen LogP contribution in [0.3, 0.4) is 0 Å². The van der Waals surface area contributed by atoms with Crippen LogP contribution >= 0.6 is 0 Å². The molecule has 3 nitrogen and oxygen atoms in total. The van der Waals surface area contributed by atoms with Gasteiger partial charge in [-0.1, -0.05) is 30.3 Å². The molecule has 0 fully saturated rings. The van der Waals surface area contributed by atoms with Crippen LogP contribution in [0.2, 0.25) is 0 Å². The van der Waals surface area contributed by atoms with Crippen LogP contribution in [-0.4, -0.2) is 19.2 Å². The van der Waals surface area contributed by atoms with Crippen molar-refractivity contribution in [2.45, 2.75) is 38.2 Å². The van der Waals surface area contributed by atoms with Gasteiger partial charge in [-0.05, 0) is 36.2 Å². The summed E-state index contributed by atoms with van der Waals surface area (Å²) in [6, 6.07) is 10.1. The summed E-state index contributed by atoms with van der Waals surface area (Å²) in [7, 11) is 0. The molecule has 30 heavy (non-hydrogen) atoms. The molecule has 0 bridgehead atoms. The average Bonchev–Trinajstić information content (AvgIpc) is 2.66. The van der Waals surface area contributed by atoms with Crippen molar-refractivity contribution < 1.29 is 40.6 Å². The summed E-state index contributed by atoms with van der Waals surface area (Å²) in [5.41, 5.74) is -2.32. The predicted octanol–water partition coefficient (Wildman–Crippen LogP) is 5.98. The molecule has 1 atom stereocenters. The second-order valence-electron chi connectivity index (χ2n) is 6.55. The van der Waals surface area contributed by atoms with Crippen molar-refractivity contribution in [3.05, 3.63) is 70.8 Å². The zero-order chi connectivity index (χ0) is 22.4. The zero-order valence-corrected chi connectivity index (χ0v) is 16.0. The van der Waals surface area contributed by atoms with Gasteiger partial charge in [0.1, 0.15) is 0 Å². The van der Waals surface area contributed by atoms with Crippen LogP contribution in [0.15, 0.2) is 48.5 Å². The average molecular weight is 434 g/mol. The minimum Gasteiger partial charge on any atom is -0.466 e. The number of esters is 1. The van der Waals surface area contributed by atoms with Crippen molar-refractivity contribution in [3.8, 4) is 0 Å². The van der Waals surface area contributed by atoms with E-state index in [0.29, 0.717) is 12.1 Å². The van der Waals surface area contributed by atoms with E-state index in [1.165, 1.54) is 0 Å². The molecule has 0 aromatic heterocycles. The first-order valence-corrected chi connectivity index (χ1v) is 9.07. The lowest BCUT2D eigenvalue weighted by Crippen LogP contribution is -2.16. The Labute approximate surface area is 169 Å². The van der Waals surface area contributed by atoms with E-state index in [0.717, 1.165) is 5.56 Å². The summed E-state index contributed by atoms with van der Waals surface area (Å²) in [4.78, 5) is 11.8. The smallest absolute Gasteiger partial charge is 0.416 e. The predicted molar refractivity (Wildman–Crippen MR) is 96.5 cm³/mol. The summed E-state index contributed by atoms with van der Waals surface area (Å²) in [6.07, 6.45) is -9.88. The van der Waals surface area contributed by atoms with Gasteiger partial charge in [-0.3, -0.25) is 4.79 Å². The van der Waals surface area contributed by atoms with Crippen LogP contribution in [0.1, 0.15) is 41.5 Å². The fourth-order valence-corrected chi connectivity index (χ4v) is 2.84. The van der Waals surface area contributed by atoms with Crippen LogP contribution in [0.25, 0.3) is 0 Å². The number of halogens is 6. The highest BCUT2D eigenvalue weighted by atomic mass is 19.4. The molecule has 0 radical (unpaired) electrons. The maximum absolute atomic E-state index is 13.0. The normalized spacial score (nSPS) is 13.2. The van der Waals surface area contributed by atoms with Gasteiger partial charge in [0, 0.05) is 5.92 Å². The molecule has 0 saturated carbocycles. The van der Waals surface area contributed by atoms with E-state index in [-0.39, 0.29) is 31.3 Å². The third kappa shape index (κ3) is 7.05.